The molecule has 0 rings (SSSR count). The van der Waals surface area contributed by atoms with Crippen LogP contribution in [0.2, 0.25) is 0 Å². The van der Waals surface area contributed by atoms with E-state index in [4.69, 9.17) is 9.05 Å². The molecule has 0 aromatic rings. The van der Waals surface area contributed by atoms with Crippen LogP contribution in [0.1, 0.15) is 226 Å². The molecule has 0 spiro atoms. The summed E-state index contributed by atoms with van der Waals surface area (Å²) >= 11 is 0. The first-order valence-corrected chi connectivity index (χ1v) is 26.3. The lowest BCUT2D eigenvalue weighted by atomic mass is 10.0. The highest BCUT2D eigenvalue weighted by Crippen LogP contribution is 2.38. The van der Waals surface area contributed by atoms with Crippen molar-refractivity contribution in [3.8, 4) is 0 Å². The van der Waals surface area contributed by atoms with Crippen LogP contribution in [0.25, 0.3) is 0 Å². The van der Waals surface area contributed by atoms with Gasteiger partial charge in [0.15, 0.2) is 0 Å². The standard InChI is InChI=1S/C50H97N2O6P/c1-6-8-10-12-14-16-18-20-22-24-25-26-28-29-31-33-35-37-39-41-43-49(53)48(47-58-59(55,56)57-46-45-52(3,4)5)51-50(54)44-42-40-38-36-34-32-30-27-23-21-19-17-15-13-11-9-7-2/h21,23,33,35,41,43,48-49,53H,6-20,22,24-32,34,36-40,42,44-47H2,1-5H3,(H-,51,54,55,56)/b23-21-,35-33+,43-41+. The number of amides is 1. The molecular weight excluding hydrogens is 756 g/mol. The molecule has 3 unspecified atom stereocenters. The van der Waals surface area contributed by atoms with E-state index in [-0.39, 0.29) is 12.5 Å². The van der Waals surface area contributed by atoms with Gasteiger partial charge in [-0.25, -0.2) is 0 Å². The van der Waals surface area contributed by atoms with Gasteiger partial charge < -0.3 is 28.8 Å². The lowest BCUT2D eigenvalue weighted by molar-refractivity contribution is -0.870. The molecule has 0 bridgehead atoms. The molecule has 348 valence electrons. The number of nitrogens with one attached hydrogen (secondary N) is 1. The van der Waals surface area contributed by atoms with Crippen LogP contribution >= 0.6 is 7.82 Å². The zero-order valence-corrected chi connectivity index (χ0v) is 40.4. The van der Waals surface area contributed by atoms with Crippen LogP contribution in [0, 0.1) is 0 Å². The first-order valence-electron chi connectivity index (χ1n) is 24.9. The summed E-state index contributed by atoms with van der Waals surface area (Å²) in [5, 5.41) is 13.8. The summed E-state index contributed by atoms with van der Waals surface area (Å²) in [5.41, 5.74) is 0. The number of likely N-dealkylation sites (N-methyl/N-ethyl adjacent to an activating group) is 1. The second kappa shape index (κ2) is 42.0. The average Bonchev–Trinajstić information content (AvgIpc) is 3.19. The Balaban J connectivity index is 4.39. The number of unbranched alkanes of at least 4 members (excludes halogenated alkanes) is 28. The number of carbonyl (C=O) groups is 1. The van der Waals surface area contributed by atoms with Crippen molar-refractivity contribution in [2.75, 3.05) is 40.9 Å². The van der Waals surface area contributed by atoms with Crippen molar-refractivity contribution in [1.29, 1.82) is 0 Å². The van der Waals surface area contributed by atoms with Gasteiger partial charge in [-0.15, -0.1) is 0 Å². The average molecular weight is 853 g/mol. The first-order chi connectivity index (χ1) is 28.5. The fourth-order valence-electron chi connectivity index (χ4n) is 7.10. The van der Waals surface area contributed by atoms with Gasteiger partial charge in [0.2, 0.25) is 5.91 Å². The number of phosphoric ester groups is 1. The maximum absolute atomic E-state index is 12.9. The van der Waals surface area contributed by atoms with E-state index in [1.54, 1.807) is 6.08 Å². The van der Waals surface area contributed by atoms with Crippen LogP contribution in [0.5, 0.6) is 0 Å². The van der Waals surface area contributed by atoms with Crippen molar-refractivity contribution < 1.29 is 32.9 Å². The van der Waals surface area contributed by atoms with E-state index in [1.165, 1.54) is 167 Å². The van der Waals surface area contributed by atoms with Gasteiger partial charge in [0, 0.05) is 6.42 Å². The second-order valence-corrected chi connectivity index (χ2v) is 19.6. The summed E-state index contributed by atoms with van der Waals surface area (Å²) in [6.45, 7) is 4.63. The highest BCUT2D eigenvalue weighted by atomic mass is 31.2. The summed E-state index contributed by atoms with van der Waals surface area (Å²) < 4.78 is 23.2. The van der Waals surface area contributed by atoms with Crippen molar-refractivity contribution in [3.63, 3.8) is 0 Å². The Kier molecular flexibility index (Phi) is 41.1. The fraction of sp³-hybridized carbons (Fsp3) is 0.860. The molecule has 0 aromatic carbocycles. The Morgan fingerprint density at radius 2 is 0.949 bits per heavy atom. The summed E-state index contributed by atoms with van der Waals surface area (Å²) in [6, 6.07) is -0.904. The molecule has 0 saturated carbocycles. The van der Waals surface area contributed by atoms with E-state index in [2.05, 4.69) is 43.5 Å². The maximum Gasteiger partial charge on any atom is 0.268 e. The summed E-state index contributed by atoms with van der Waals surface area (Å²) in [5.74, 6) is -0.211. The van der Waals surface area contributed by atoms with E-state index >= 15 is 0 Å². The number of hydrogen-bond donors (Lipinski definition) is 2. The molecule has 3 atom stereocenters. The maximum atomic E-state index is 12.9. The molecule has 0 saturated heterocycles. The number of rotatable bonds is 45. The quantitative estimate of drug-likeness (QED) is 0.0273. The van der Waals surface area contributed by atoms with Gasteiger partial charge >= 0.3 is 0 Å². The predicted molar refractivity (Wildman–Crippen MR) is 251 cm³/mol. The van der Waals surface area contributed by atoms with Crippen LogP contribution in [-0.2, 0) is 18.4 Å². The number of carbonyl (C=O) groups excluding carboxylic acids is 1. The Labute approximate surface area is 366 Å². The molecule has 1 amide bonds. The lowest BCUT2D eigenvalue weighted by Gasteiger charge is -2.29. The van der Waals surface area contributed by atoms with E-state index in [0.717, 1.165) is 38.5 Å². The number of allylic oxidation sites excluding steroid dienone is 5. The van der Waals surface area contributed by atoms with Gasteiger partial charge in [-0.05, 0) is 57.8 Å². The number of hydrogen-bond acceptors (Lipinski definition) is 6. The van der Waals surface area contributed by atoms with Crippen molar-refractivity contribution in [1.82, 2.24) is 5.32 Å². The molecular formula is C50H97N2O6P. The van der Waals surface area contributed by atoms with Gasteiger partial charge in [-0.3, -0.25) is 9.36 Å². The van der Waals surface area contributed by atoms with Crippen LogP contribution in [0.4, 0.5) is 0 Å². The normalized spacial score (nSPS) is 14.5. The zero-order valence-electron chi connectivity index (χ0n) is 39.5. The summed E-state index contributed by atoms with van der Waals surface area (Å²) in [6.07, 6.45) is 52.0. The number of nitrogens with zero attached hydrogens (tertiary/aromatic N) is 1. The largest absolute Gasteiger partial charge is 0.756 e. The van der Waals surface area contributed by atoms with Crippen molar-refractivity contribution in [2.45, 2.75) is 238 Å². The summed E-state index contributed by atoms with van der Waals surface area (Å²) in [4.78, 5) is 25.4. The molecule has 0 aliphatic carbocycles. The summed E-state index contributed by atoms with van der Waals surface area (Å²) in [7, 11) is 1.24. The van der Waals surface area contributed by atoms with Gasteiger partial charge in [-0.2, -0.15) is 0 Å². The van der Waals surface area contributed by atoms with Crippen molar-refractivity contribution in [2.24, 2.45) is 0 Å². The van der Waals surface area contributed by atoms with Crippen molar-refractivity contribution in [3.05, 3.63) is 36.5 Å². The molecule has 0 fully saturated rings. The predicted octanol–water partition coefficient (Wildman–Crippen LogP) is 13.6. The molecule has 0 aromatic heterocycles. The van der Waals surface area contributed by atoms with Gasteiger partial charge in [0.25, 0.3) is 7.82 Å². The minimum absolute atomic E-state index is 0.00691. The minimum atomic E-state index is -4.60. The van der Waals surface area contributed by atoms with E-state index < -0.39 is 26.6 Å². The smallest absolute Gasteiger partial charge is 0.268 e. The number of quaternary nitrogens is 1. The van der Waals surface area contributed by atoms with Gasteiger partial charge in [0.1, 0.15) is 13.2 Å². The van der Waals surface area contributed by atoms with E-state index in [0.29, 0.717) is 17.4 Å². The van der Waals surface area contributed by atoms with E-state index in [9.17, 15) is 19.4 Å². The van der Waals surface area contributed by atoms with Crippen LogP contribution < -0.4 is 10.2 Å². The van der Waals surface area contributed by atoms with Crippen LogP contribution in [-0.4, -0.2) is 68.5 Å². The van der Waals surface area contributed by atoms with Gasteiger partial charge in [0.05, 0.1) is 39.9 Å². The Hall–Kier alpha value is -1.28. The third kappa shape index (κ3) is 44.6. The molecule has 0 heterocycles. The number of aliphatic hydroxyl groups excluding tert-OH is 1. The number of aliphatic hydroxyl groups is 1. The second-order valence-electron chi connectivity index (χ2n) is 18.2. The molecule has 59 heavy (non-hydrogen) atoms. The third-order valence-electron chi connectivity index (χ3n) is 11.1. The topological polar surface area (TPSA) is 108 Å². The zero-order chi connectivity index (χ0) is 43.6. The molecule has 2 N–H and O–H groups in total. The Morgan fingerprint density at radius 3 is 1.37 bits per heavy atom. The lowest BCUT2D eigenvalue weighted by Crippen LogP contribution is -2.45. The third-order valence-corrected chi connectivity index (χ3v) is 12.0. The molecule has 0 radical (unpaired) electrons. The Morgan fingerprint density at radius 1 is 0.576 bits per heavy atom. The first kappa shape index (κ1) is 57.7. The molecule has 8 nitrogen and oxygen atoms in total. The highest BCUT2D eigenvalue weighted by molar-refractivity contribution is 7.45. The SMILES string of the molecule is CCCCCCCC/C=C\CCCCCCCCCC(=O)NC(COP(=O)([O-])OCC[N+](C)(C)C)C(O)/C=C/CC/C=C/CCCCCCCCCCCCCCCC. The van der Waals surface area contributed by atoms with Crippen LogP contribution in [0.15, 0.2) is 36.5 Å². The van der Waals surface area contributed by atoms with Crippen LogP contribution in [0.3, 0.4) is 0 Å². The van der Waals surface area contributed by atoms with E-state index in [1.807, 2.05) is 27.2 Å². The van der Waals surface area contributed by atoms with Crippen molar-refractivity contribution >= 4 is 13.7 Å². The molecule has 0 aliphatic rings. The minimum Gasteiger partial charge on any atom is -0.756 e. The molecule has 0 aliphatic heterocycles. The number of phosphoric acid groups is 1. The Bertz CT molecular complexity index is 1060. The van der Waals surface area contributed by atoms with Gasteiger partial charge in [-0.1, -0.05) is 198 Å². The monoisotopic (exact) mass is 853 g/mol. The fourth-order valence-corrected chi connectivity index (χ4v) is 7.83. The highest BCUT2D eigenvalue weighted by Gasteiger charge is 2.23. The molecule has 9 heteroatoms.